The van der Waals surface area contributed by atoms with Crippen LogP contribution in [0.1, 0.15) is 12.0 Å². The van der Waals surface area contributed by atoms with Crippen LogP contribution >= 0.6 is 11.5 Å². The standard InChI is InChI=1S/C16H19N3O2S/c20-16(18-14-11-17-22-12-14)6-5-13-3-1-2-4-15(13)19-7-9-21-10-8-19/h1-4,11-12H,5-10H2,(H,18,20). The van der Waals surface area contributed by atoms with E-state index in [1.54, 1.807) is 6.20 Å². The van der Waals surface area contributed by atoms with Crippen molar-refractivity contribution in [2.24, 2.45) is 0 Å². The highest BCUT2D eigenvalue weighted by atomic mass is 32.1. The van der Waals surface area contributed by atoms with Crippen molar-refractivity contribution in [3.8, 4) is 0 Å². The first kappa shape index (κ1) is 15.0. The van der Waals surface area contributed by atoms with Crippen molar-refractivity contribution < 1.29 is 9.53 Å². The number of carbonyl (C=O) groups is 1. The van der Waals surface area contributed by atoms with E-state index in [9.17, 15) is 4.79 Å². The number of nitrogens with one attached hydrogen (secondary N) is 1. The summed E-state index contributed by atoms with van der Waals surface area (Å²) >= 11 is 1.33. The Hall–Kier alpha value is -1.92. The fraction of sp³-hybridized carbons (Fsp3) is 0.375. The molecular formula is C16H19N3O2S. The van der Waals surface area contributed by atoms with E-state index in [2.05, 4.69) is 26.7 Å². The van der Waals surface area contributed by atoms with E-state index >= 15 is 0 Å². The maximum atomic E-state index is 12.0. The molecule has 0 aliphatic carbocycles. The lowest BCUT2D eigenvalue weighted by molar-refractivity contribution is -0.116. The van der Waals surface area contributed by atoms with Gasteiger partial charge in [-0.3, -0.25) is 4.79 Å². The fourth-order valence-corrected chi connectivity index (χ4v) is 3.04. The SMILES string of the molecule is O=C(CCc1ccccc1N1CCOCC1)Nc1cnsc1. The molecular weight excluding hydrogens is 298 g/mol. The topological polar surface area (TPSA) is 54.5 Å². The minimum atomic E-state index is 0.0250. The number of aromatic nitrogens is 1. The Morgan fingerprint density at radius 2 is 2.14 bits per heavy atom. The third-order valence-electron chi connectivity index (χ3n) is 3.68. The van der Waals surface area contributed by atoms with Gasteiger partial charge in [-0.25, -0.2) is 0 Å². The average Bonchev–Trinajstić information content (AvgIpc) is 3.07. The minimum absolute atomic E-state index is 0.0250. The Kier molecular flexibility index (Phi) is 5.03. The fourth-order valence-electron chi connectivity index (χ4n) is 2.57. The average molecular weight is 317 g/mol. The monoisotopic (exact) mass is 317 g/mol. The molecule has 3 rings (SSSR count). The van der Waals surface area contributed by atoms with Crippen LogP contribution in [0.15, 0.2) is 35.8 Å². The minimum Gasteiger partial charge on any atom is -0.378 e. The Bertz CT molecular complexity index is 610. The second-order valence-electron chi connectivity index (χ2n) is 5.19. The van der Waals surface area contributed by atoms with Crippen LogP contribution in [0.3, 0.4) is 0 Å². The largest absolute Gasteiger partial charge is 0.378 e. The van der Waals surface area contributed by atoms with Crippen molar-refractivity contribution in [2.45, 2.75) is 12.8 Å². The molecule has 0 bridgehead atoms. The molecule has 1 amide bonds. The molecule has 1 aliphatic rings. The van der Waals surface area contributed by atoms with Crippen molar-refractivity contribution in [3.05, 3.63) is 41.4 Å². The summed E-state index contributed by atoms with van der Waals surface area (Å²) in [7, 11) is 0. The van der Waals surface area contributed by atoms with Gasteiger partial charge in [0, 0.05) is 30.6 Å². The highest BCUT2D eigenvalue weighted by molar-refractivity contribution is 7.04. The van der Waals surface area contributed by atoms with Gasteiger partial charge in [0.25, 0.3) is 0 Å². The third-order valence-corrected chi connectivity index (χ3v) is 4.27. The molecule has 0 atom stereocenters. The molecule has 1 saturated heterocycles. The summed E-state index contributed by atoms with van der Waals surface area (Å²) in [4.78, 5) is 14.3. The number of aryl methyl sites for hydroxylation is 1. The van der Waals surface area contributed by atoms with Gasteiger partial charge in [-0.1, -0.05) is 18.2 Å². The number of hydrogen-bond donors (Lipinski definition) is 1. The highest BCUT2D eigenvalue weighted by Gasteiger charge is 2.15. The maximum absolute atomic E-state index is 12.0. The second kappa shape index (κ2) is 7.38. The van der Waals surface area contributed by atoms with E-state index in [4.69, 9.17) is 4.74 Å². The molecule has 1 N–H and O–H groups in total. The second-order valence-corrected chi connectivity index (χ2v) is 5.85. The van der Waals surface area contributed by atoms with E-state index in [0.717, 1.165) is 38.4 Å². The molecule has 6 heteroatoms. The van der Waals surface area contributed by atoms with Crippen molar-refractivity contribution in [1.82, 2.24) is 4.37 Å². The lowest BCUT2D eigenvalue weighted by Gasteiger charge is -2.30. The molecule has 5 nitrogen and oxygen atoms in total. The van der Waals surface area contributed by atoms with Gasteiger partial charge < -0.3 is 15.0 Å². The van der Waals surface area contributed by atoms with Crippen LogP contribution in [-0.2, 0) is 16.0 Å². The quantitative estimate of drug-likeness (QED) is 0.921. The maximum Gasteiger partial charge on any atom is 0.224 e. The summed E-state index contributed by atoms with van der Waals surface area (Å²) in [6, 6.07) is 8.30. The first-order valence-electron chi connectivity index (χ1n) is 7.43. The highest BCUT2D eigenvalue weighted by Crippen LogP contribution is 2.23. The first-order valence-corrected chi connectivity index (χ1v) is 8.26. The summed E-state index contributed by atoms with van der Waals surface area (Å²) in [6.45, 7) is 3.34. The van der Waals surface area contributed by atoms with Gasteiger partial charge in [0.2, 0.25) is 5.91 Å². The Morgan fingerprint density at radius 1 is 1.32 bits per heavy atom. The summed E-state index contributed by atoms with van der Waals surface area (Å²) in [5.41, 5.74) is 3.20. The Balaban J connectivity index is 1.61. The normalized spacial score (nSPS) is 14.8. The zero-order chi connectivity index (χ0) is 15.2. The van der Waals surface area contributed by atoms with Crippen molar-refractivity contribution >= 4 is 28.8 Å². The Morgan fingerprint density at radius 3 is 2.91 bits per heavy atom. The van der Waals surface area contributed by atoms with Crippen molar-refractivity contribution in [2.75, 3.05) is 36.5 Å². The van der Waals surface area contributed by atoms with Crippen LogP contribution < -0.4 is 10.2 Å². The molecule has 116 valence electrons. The molecule has 0 saturated carbocycles. The Labute approximate surface area is 134 Å². The van der Waals surface area contributed by atoms with E-state index in [1.165, 1.54) is 22.8 Å². The lowest BCUT2D eigenvalue weighted by Crippen LogP contribution is -2.36. The molecule has 1 aromatic carbocycles. The predicted octanol–water partition coefficient (Wildman–Crippen LogP) is 2.55. The molecule has 1 fully saturated rings. The number of hydrogen-bond acceptors (Lipinski definition) is 5. The van der Waals surface area contributed by atoms with Crippen molar-refractivity contribution in [3.63, 3.8) is 0 Å². The van der Waals surface area contributed by atoms with Crippen LogP contribution in [0.5, 0.6) is 0 Å². The van der Waals surface area contributed by atoms with Gasteiger partial charge >= 0.3 is 0 Å². The van der Waals surface area contributed by atoms with Crippen LogP contribution in [0.2, 0.25) is 0 Å². The van der Waals surface area contributed by atoms with Gasteiger partial charge in [0.1, 0.15) is 0 Å². The number of morpholine rings is 1. The van der Waals surface area contributed by atoms with Gasteiger partial charge in [-0.05, 0) is 29.6 Å². The summed E-state index contributed by atoms with van der Waals surface area (Å²) in [5, 5.41) is 4.70. The zero-order valence-electron chi connectivity index (χ0n) is 12.3. The molecule has 0 radical (unpaired) electrons. The van der Waals surface area contributed by atoms with Crippen LogP contribution in [0.4, 0.5) is 11.4 Å². The molecule has 0 unspecified atom stereocenters. The molecule has 2 heterocycles. The summed E-state index contributed by atoms with van der Waals surface area (Å²) in [5.74, 6) is 0.0250. The number of anilines is 2. The van der Waals surface area contributed by atoms with Gasteiger partial charge in [0.05, 0.1) is 25.1 Å². The van der Waals surface area contributed by atoms with E-state index in [1.807, 2.05) is 17.5 Å². The lowest BCUT2D eigenvalue weighted by atomic mass is 10.1. The van der Waals surface area contributed by atoms with Gasteiger partial charge in [-0.15, -0.1) is 0 Å². The van der Waals surface area contributed by atoms with Crippen LogP contribution in [0.25, 0.3) is 0 Å². The van der Waals surface area contributed by atoms with E-state index in [-0.39, 0.29) is 5.91 Å². The predicted molar refractivity (Wildman–Crippen MR) is 88.5 cm³/mol. The van der Waals surface area contributed by atoms with E-state index in [0.29, 0.717) is 6.42 Å². The zero-order valence-corrected chi connectivity index (χ0v) is 13.1. The number of nitrogens with zero attached hydrogens (tertiary/aromatic N) is 2. The summed E-state index contributed by atoms with van der Waals surface area (Å²) in [6.07, 6.45) is 2.87. The molecule has 0 spiro atoms. The smallest absolute Gasteiger partial charge is 0.224 e. The van der Waals surface area contributed by atoms with Gasteiger partial charge in [-0.2, -0.15) is 4.37 Å². The van der Waals surface area contributed by atoms with E-state index < -0.39 is 0 Å². The number of para-hydroxylation sites is 1. The van der Waals surface area contributed by atoms with Crippen LogP contribution in [0, 0.1) is 0 Å². The first-order chi connectivity index (χ1) is 10.8. The number of benzene rings is 1. The number of amides is 1. The number of ether oxygens (including phenoxy) is 1. The molecule has 1 aliphatic heterocycles. The third kappa shape index (κ3) is 3.84. The van der Waals surface area contributed by atoms with Crippen molar-refractivity contribution in [1.29, 1.82) is 0 Å². The molecule has 1 aromatic heterocycles. The number of rotatable bonds is 5. The van der Waals surface area contributed by atoms with Crippen LogP contribution in [-0.4, -0.2) is 36.6 Å². The molecule has 22 heavy (non-hydrogen) atoms. The summed E-state index contributed by atoms with van der Waals surface area (Å²) < 4.78 is 9.38. The number of carbonyl (C=O) groups excluding carboxylic acids is 1. The molecule has 2 aromatic rings. The van der Waals surface area contributed by atoms with Gasteiger partial charge in [0.15, 0.2) is 0 Å².